The van der Waals surface area contributed by atoms with E-state index in [0.29, 0.717) is 59.5 Å². The highest BCUT2D eigenvalue weighted by atomic mass is 35.5. The van der Waals surface area contributed by atoms with Crippen molar-refractivity contribution in [3.05, 3.63) is 93.0 Å². The van der Waals surface area contributed by atoms with Crippen molar-refractivity contribution in [1.29, 1.82) is 5.26 Å². The Kier molecular flexibility index (Phi) is 9.56. The van der Waals surface area contributed by atoms with Crippen LogP contribution in [0, 0.1) is 16.7 Å². The third-order valence-corrected chi connectivity index (χ3v) is 13.9. The van der Waals surface area contributed by atoms with Crippen LogP contribution in [0.2, 0.25) is 5.02 Å². The number of halogens is 1. The van der Waals surface area contributed by atoms with Crippen molar-refractivity contribution in [3.8, 4) is 6.07 Å². The van der Waals surface area contributed by atoms with Gasteiger partial charge in [0, 0.05) is 81.3 Å². The van der Waals surface area contributed by atoms with Crippen molar-refractivity contribution in [1.82, 2.24) is 20.0 Å². The van der Waals surface area contributed by atoms with Crippen molar-refractivity contribution in [2.45, 2.75) is 89.5 Å². The maximum Gasteiger partial charge on any atom is 0.262 e. The van der Waals surface area contributed by atoms with Gasteiger partial charge in [-0.05, 0) is 116 Å². The number of fused-ring (bicyclic) bond motifs is 2. The zero-order valence-corrected chi connectivity index (χ0v) is 32.9. The van der Waals surface area contributed by atoms with E-state index < -0.39 is 29.7 Å². The lowest BCUT2D eigenvalue weighted by atomic mass is 9.76. The van der Waals surface area contributed by atoms with E-state index in [-0.39, 0.29) is 30.2 Å². The topological polar surface area (TPSA) is 137 Å². The van der Waals surface area contributed by atoms with Crippen molar-refractivity contribution in [2.75, 3.05) is 42.5 Å². The van der Waals surface area contributed by atoms with Gasteiger partial charge in [0.15, 0.2) is 0 Å². The number of nitrogens with one attached hydrogen (secondary N) is 1. The number of piperidine rings is 3. The molecule has 0 radical (unpaired) electrons. The summed E-state index contributed by atoms with van der Waals surface area (Å²) in [5.41, 5.74) is 6.35. The number of imide groups is 2. The Morgan fingerprint density at radius 3 is 2.12 bits per heavy atom. The van der Waals surface area contributed by atoms with Crippen molar-refractivity contribution >= 4 is 52.5 Å². The molecule has 6 heterocycles. The second-order valence-corrected chi connectivity index (χ2v) is 17.2. The number of amides is 5. The summed E-state index contributed by atoms with van der Waals surface area (Å²) in [5, 5.41) is 12.1. The van der Waals surface area contributed by atoms with Gasteiger partial charge >= 0.3 is 0 Å². The quantitative estimate of drug-likeness (QED) is 0.321. The third-order valence-electron chi connectivity index (χ3n) is 13.6. The van der Waals surface area contributed by atoms with Gasteiger partial charge in [0.1, 0.15) is 12.1 Å². The van der Waals surface area contributed by atoms with Gasteiger partial charge in [-0.1, -0.05) is 18.5 Å². The Morgan fingerprint density at radius 2 is 1.53 bits per heavy atom. The number of anilines is 2. The average Bonchev–Trinajstić information content (AvgIpc) is 3.88. The van der Waals surface area contributed by atoms with E-state index in [1.807, 2.05) is 35.2 Å². The lowest BCUT2D eigenvalue weighted by molar-refractivity contribution is -0.136. The Labute approximate surface area is 337 Å². The van der Waals surface area contributed by atoms with E-state index >= 15 is 0 Å². The van der Waals surface area contributed by atoms with Crippen LogP contribution in [0.25, 0.3) is 0 Å². The molecule has 9 rings (SSSR count). The van der Waals surface area contributed by atoms with E-state index in [1.54, 1.807) is 12.1 Å². The Hall–Kier alpha value is -5.25. The lowest BCUT2D eigenvalue weighted by Gasteiger charge is -2.40. The largest absolute Gasteiger partial charge is 0.371 e. The summed E-state index contributed by atoms with van der Waals surface area (Å²) in [6.07, 6.45) is 6.31. The zero-order valence-electron chi connectivity index (χ0n) is 32.1. The number of carbonyl (C=O) groups excluding carboxylic acids is 5. The Bertz CT molecular complexity index is 2180. The smallest absolute Gasteiger partial charge is 0.262 e. The van der Waals surface area contributed by atoms with Gasteiger partial charge in [0.25, 0.3) is 17.7 Å². The van der Waals surface area contributed by atoms with Gasteiger partial charge in [-0.25, -0.2) is 0 Å². The molecule has 13 heteroatoms. The number of hydrogen-bond acceptors (Lipinski definition) is 9. The van der Waals surface area contributed by atoms with Crippen molar-refractivity contribution in [2.24, 2.45) is 5.41 Å². The number of hydrogen-bond donors (Lipinski definition) is 1. The van der Waals surface area contributed by atoms with E-state index in [2.05, 4.69) is 45.1 Å². The van der Waals surface area contributed by atoms with Crippen molar-refractivity contribution in [3.63, 3.8) is 0 Å². The molecule has 2 unspecified atom stereocenters. The molecule has 294 valence electrons. The molecular weight excluding hydrogens is 742 g/mol. The monoisotopic (exact) mass is 787 g/mol. The molecule has 0 aromatic heterocycles. The maximum absolute atomic E-state index is 13.6. The van der Waals surface area contributed by atoms with Crippen LogP contribution in [0.1, 0.15) is 106 Å². The standard InChI is InChI=1S/C44H46ClN7O5/c1-2-31-22-44(26-51(31)34-8-5-28(23-46)37(45)21-34)13-17-48(18-14-44)32-6-3-27(4-7-32)41(55)49-15-11-33(12-16-49)50-24-29-19-35-36(20-30(29)25-50)43(57)52(42(35)56)38-9-10-39(53)47-40(38)54/h3-8,19-21,31,33,38H,2,9-18,22,24-26H2,1H3,(H,47,53,54). The second-order valence-electron chi connectivity index (χ2n) is 16.7. The van der Waals surface area contributed by atoms with Gasteiger partial charge in [-0.15, -0.1) is 0 Å². The Balaban J connectivity index is 0.770. The summed E-state index contributed by atoms with van der Waals surface area (Å²) >= 11 is 6.42. The van der Waals surface area contributed by atoms with Crippen LogP contribution in [0.3, 0.4) is 0 Å². The predicted molar refractivity (Wildman–Crippen MR) is 214 cm³/mol. The molecule has 0 saturated carbocycles. The molecule has 6 aliphatic rings. The van der Waals surface area contributed by atoms with Crippen LogP contribution in [0.4, 0.5) is 11.4 Å². The van der Waals surface area contributed by atoms with Crippen LogP contribution >= 0.6 is 11.6 Å². The number of nitrogens with zero attached hydrogens (tertiary/aromatic N) is 6. The van der Waals surface area contributed by atoms with Crippen LogP contribution in [-0.2, 0) is 22.7 Å². The number of likely N-dealkylation sites (tertiary alicyclic amines) is 1. The minimum Gasteiger partial charge on any atom is -0.371 e. The van der Waals surface area contributed by atoms with Crippen molar-refractivity contribution < 1.29 is 24.0 Å². The molecule has 12 nitrogen and oxygen atoms in total. The molecule has 3 aromatic rings. The highest BCUT2D eigenvalue weighted by Gasteiger charge is 2.47. The Morgan fingerprint density at radius 1 is 0.877 bits per heavy atom. The molecule has 4 saturated heterocycles. The fraction of sp³-hybridized carbons (Fsp3) is 0.455. The zero-order chi connectivity index (χ0) is 39.6. The number of nitriles is 1. The molecule has 0 bridgehead atoms. The molecular formula is C44H46ClN7O5. The minimum absolute atomic E-state index is 0.0517. The number of carbonyl (C=O) groups is 5. The second kappa shape index (κ2) is 14.6. The summed E-state index contributed by atoms with van der Waals surface area (Å²) < 4.78 is 0. The molecule has 3 aromatic carbocycles. The molecule has 4 fully saturated rings. The number of benzene rings is 3. The molecule has 57 heavy (non-hydrogen) atoms. The third kappa shape index (κ3) is 6.64. The van der Waals surface area contributed by atoms with E-state index in [4.69, 9.17) is 11.6 Å². The molecule has 5 amide bonds. The van der Waals surface area contributed by atoms with Gasteiger partial charge in [-0.2, -0.15) is 5.26 Å². The molecule has 6 aliphatic heterocycles. The fourth-order valence-corrected chi connectivity index (χ4v) is 10.5. The maximum atomic E-state index is 13.6. The minimum atomic E-state index is -0.975. The van der Waals surface area contributed by atoms with E-state index in [9.17, 15) is 29.2 Å². The van der Waals surface area contributed by atoms with Crippen LogP contribution < -0.4 is 15.1 Å². The fourth-order valence-electron chi connectivity index (χ4n) is 10.3. The van der Waals surface area contributed by atoms with E-state index in [0.717, 1.165) is 85.6 Å². The molecule has 1 N–H and O–H groups in total. The first kappa shape index (κ1) is 37.3. The first-order chi connectivity index (χ1) is 27.5. The van der Waals surface area contributed by atoms with Crippen LogP contribution in [0.5, 0.6) is 0 Å². The molecule has 2 atom stereocenters. The van der Waals surface area contributed by atoms with Crippen LogP contribution in [-0.4, -0.2) is 95.1 Å². The van der Waals surface area contributed by atoms with Crippen LogP contribution in [0.15, 0.2) is 54.6 Å². The summed E-state index contributed by atoms with van der Waals surface area (Å²) in [6, 6.07) is 19.4. The summed E-state index contributed by atoms with van der Waals surface area (Å²) in [6.45, 7) is 7.81. The highest BCUT2D eigenvalue weighted by Crippen LogP contribution is 2.47. The van der Waals surface area contributed by atoms with Gasteiger partial charge in [0.05, 0.1) is 21.7 Å². The highest BCUT2D eigenvalue weighted by molar-refractivity contribution is 6.32. The lowest BCUT2D eigenvalue weighted by Crippen LogP contribution is -2.54. The van der Waals surface area contributed by atoms with Gasteiger partial charge in [-0.3, -0.25) is 39.1 Å². The van der Waals surface area contributed by atoms with Gasteiger partial charge < -0.3 is 14.7 Å². The average molecular weight is 788 g/mol. The molecule has 1 spiro atoms. The molecule has 0 aliphatic carbocycles. The normalized spacial score (nSPS) is 23.6. The summed E-state index contributed by atoms with van der Waals surface area (Å²) in [4.78, 5) is 74.7. The predicted octanol–water partition coefficient (Wildman–Crippen LogP) is 5.51. The number of rotatable bonds is 6. The first-order valence-corrected chi connectivity index (χ1v) is 20.6. The summed E-state index contributed by atoms with van der Waals surface area (Å²) in [7, 11) is 0. The van der Waals surface area contributed by atoms with Gasteiger partial charge in [0.2, 0.25) is 11.8 Å². The van der Waals surface area contributed by atoms with E-state index in [1.165, 1.54) is 0 Å². The summed E-state index contributed by atoms with van der Waals surface area (Å²) in [5.74, 6) is -1.91. The first-order valence-electron chi connectivity index (χ1n) is 20.3. The SMILES string of the molecule is CCC1CC2(CCN(c3ccc(C(=O)N4CCC(N5Cc6cc7c(cc6C5)C(=O)N(C5CCC(=O)NC5=O)C7=O)CC4)cc3)CC2)CN1c1ccc(C#N)c(Cl)c1.